The monoisotopic (exact) mass is 455 g/mol. The van der Waals surface area contributed by atoms with Gasteiger partial charge in [-0.2, -0.15) is 0 Å². The Hall–Kier alpha value is -2.63. The van der Waals surface area contributed by atoms with Crippen molar-refractivity contribution in [2.75, 3.05) is 22.9 Å². The number of benzene rings is 2. The number of hydrogen-bond donors (Lipinski definition) is 3. The predicted molar refractivity (Wildman–Crippen MR) is 116 cm³/mol. The lowest BCUT2D eigenvalue weighted by Crippen LogP contribution is -2.30. The van der Waals surface area contributed by atoms with Gasteiger partial charge >= 0.3 is 0 Å². The van der Waals surface area contributed by atoms with Gasteiger partial charge in [-0.1, -0.05) is 0 Å². The topological polar surface area (TPSA) is 131 Å². The lowest BCUT2D eigenvalue weighted by atomic mass is 10.2. The molecule has 0 aromatic heterocycles. The minimum absolute atomic E-state index is 0.0170. The quantitative estimate of drug-likeness (QED) is 0.532. The molecule has 11 heteroatoms. The summed E-state index contributed by atoms with van der Waals surface area (Å²) >= 11 is 0. The van der Waals surface area contributed by atoms with E-state index in [4.69, 9.17) is 4.74 Å². The summed E-state index contributed by atoms with van der Waals surface area (Å²) in [5.74, 6) is -0.288. The van der Waals surface area contributed by atoms with Gasteiger partial charge in [0.05, 0.1) is 23.4 Å². The van der Waals surface area contributed by atoms with Crippen LogP contribution in [-0.4, -0.2) is 41.6 Å². The van der Waals surface area contributed by atoms with Crippen LogP contribution in [0.4, 0.5) is 11.4 Å². The van der Waals surface area contributed by atoms with Gasteiger partial charge in [0, 0.05) is 17.3 Å². The molecule has 0 bridgehead atoms. The van der Waals surface area contributed by atoms with Crippen molar-refractivity contribution >= 4 is 37.3 Å². The summed E-state index contributed by atoms with van der Waals surface area (Å²) in [7, 11) is -5.77. The molecular formula is C19H25N3O6S2. The number of sulfonamides is 2. The number of rotatable bonds is 9. The highest BCUT2D eigenvalue weighted by Crippen LogP contribution is 2.28. The fourth-order valence-electron chi connectivity index (χ4n) is 2.47. The fourth-order valence-corrected chi connectivity index (χ4v) is 4.38. The zero-order valence-corrected chi connectivity index (χ0v) is 18.7. The van der Waals surface area contributed by atoms with Gasteiger partial charge in [-0.3, -0.25) is 9.52 Å². The van der Waals surface area contributed by atoms with Gasteiger partial charge in [-0.05, 0) is 63.2 Å². The average molecular weight is 456 g/mol. The number of carbonyl (C=O) groups is 1. The molecule has 1 amide bonds. The van der Waals surface area contributed by atoms with Crippen LogP contribution in [0.1, 0.15) is 31.1 Å². The van der Waals surface area contributed by atoms with Crippen LogP contribution >= 0.6 is 0 Å². The molecule has 30 heavy (non-hydrogen) atoms. The van der Waals surface area contributed by atoms with Crippen LogP contribution in [-0.2, 0) is 20.0 Å². The Morgan fingerprint density at radius 1 is 1.03 bits per heavy atom. The summed E-state index contributed by atoms with van der Waals surface area (Å²) in [5, 5.41) is 2.63. The van der Waals surface area contributed by atoms with Crippen molar-refractivity contribution in [1.82, 2.24) is 4.72 Å². The number of carbonyl (C=O) groups excluding carboxylic acids is 1. The number of anilines is 2. The maximum Gasteiger partial charge on any atom is 0.255 e. The van der Waals surface area contributed by atoms with Gasteiger partial charge < -0.3 is 10.1 Å². The van der Waals surface area contributed by atoms with Crippen LogP contribution in [0, 0.1) is 0 Å². The first kappa shape index (κ1) is 23.6. The highest BCUT2D eigenvalue weighted by molar-refractivity contribution is 7.92. The van der Waals surface area contributed by atoms with E-state index in [1.165, 1.54) is 56.5 Å². The lowest BCUT2D eigenvalue weighted by Gasteiger charge is -2.14. The van der Waals surface area contributed by atoms with E-state index in [1.807, 2.05) is 0 Å². The number of amides is 1. The molecule has 0 aliphatic rings. The Labute approximate surface area is 176 Å². The first-order valence-electron chi connectivity index (χ1n) is 9.09. The molecule has 2 aromatic rings. The maximum absolute atomic E-state index is 12.6. The van der Waals surface area contributed by atoms with Gasteiger partial charge in [-0.15, -0.1) is 0 Å². The molecule has 2 aromatic carbocycles. The summed E-state index contributed by atoms with van der Waals surface area (Å²) in [5.41, 5.74) is 0.772. The molecule has 0 saturated carbocycles. The van der Waals surface area contributed by atoms with Gasteiger partial charge in [-0.25, -0.2) is 21.6 Å². The Bertz CT molecular complexity index is 1110. The van der Waals surface area contributed by atoms with E-state index < -0.39 is 26.0 Å². The summed E-state index contributed by atoms with van der Waals surface area (Å²) in [6, 6.07) is 9.69. The van der Waals surface area contributed by atoms with E-state index in [0.717, 1.165) is 0 Å². The van der Waals surface area contributed by atoms with E-state index in [-0.39, 0.29) is 27.9 Å². The molecule has 0 fully saturated rings. The molecule has 3 N–H and O–H groups in total. The zero-order valence-electron chi connectivity index (χ0n) is 17.1. The third-order valence-corrected chi connectivity index (χ3v) is 6.88. The number of methoxy groups -OCH3 is 1. The maximum atomic E-state index is 12.6. The largest absolute Gasteiger partial charge is 0.495 e. The molecule has 0 heterocycles. The molecule has 9 nitrogen and oxygen atoms in total. The summed E-state index contributed by atoms with van der Waals surface area (Å²) < 4.78 is 58.1. The molecule has 0 spiro atoms. The van der Waals surface area contributed by atoms with E-state index in [1.54, 1.807) is 13.8 Å². The van der Waals surface area contributed by atoms with Crippen molar-refractivity contribution in [2.24, 2.45) is 0 Å². The van der Waals surface area contributed by atoms with E-state index >= 15 is 0 Å². The van der Waals surface area contributed by atoms with Crippen LogP contribution in [0.3, 0.4) is 0 Å². The standard InChI is InChI=1S/C19H25N3O6S2/c1-5-29(24,25)22-15-8-6-14(7-9-15)19(23)20-17-12-16(10-11-18(17)28-4)30(26,27)21-13(2)3/h6-13,21-22H,5H2,1-4H3,(H,20,23). The van der Waals surface area contributed by atoms with Gasteiger partial charge in [0.1, 0.15) is 5.75 Å². The molecular weight excluding hydrogens is 430 g/mol. The van der Waals surface area contributed by atoms with Gasteiger partial charge in [0.25, 0.3) is 5.91 Å². The van der Waals surface area contributed by atoms with Crippen LogP contribution in [0.25, 0.3) is 0 Å². The van der Waals surface area contributed by atoms with Gasteiger partial charge in [0.15, 0.2) is 0 Å². The second kappa shape index (κ2) is 9.45. The second-order valence-corrected chi connectivity index (χ2v) is 10.4. The first-order chi connectivity index (χ1) is 14.0. The molecule has 0 unspecified atom stereocenters. The van der Waals surface area contributed by atoms with Crippen molar-refractivity contribution in [2.45, 2.75) is 31.7 Å². The summed E-state index contributed by atoms with van der Waals surface area (Å²) in [6.45, 7) is 4.92. The van der Waals surface area contributed by atoms with Crippen LogP contribution in [0.5, 0.6) is 5.75 Å². The van der Waals surface area contributed by atoms with Crippen molar-refractivity contribution in [3.8, 4) is 5.75 Å². The third-order valence-electron chi connectivity index (χ3n) is 3.92. The smallest absolute Gasteiger partial charge is 0.255 e. The molecule has 0 atom stereocenters. The Morgan fingerprint density at radius 3 is 2.20 bits per heavy atom. The second-order valence-electron chi connectivity index (χ2n) is 6.68. The lowest BCUT2D eigenvalue weighted by molar-refractivity contribution is 0.102. The van der Waals surface area contributed by atoms with E-state index in [2.05, 4.69) is 14.8 Å². The molecule has 2 rings (SSSR count). The number of ether oxygens (including phenoxy) is 1. The van der Waals surface area contributed by atoms with Crippen LogP contribution in [0.2, 0.25) is 0 Å². The molecule has 164 valence electrons. The van der Waals surface area contributed by atoms with Gasteiger partial charge in [0.2, 0.25) is 20.0 Å². The fraction of sp³-hybridized carbons (Fsp3) is 0.316. The first-order valence-corrected chi connectivity index (χ1v) is 12.2. The van der Waals surface area contributed by atoms with E-state index in [9.17, 15) is 21.6 Å². The molecule has 0 radical (unpaired) electrons. The van der Waals surface area contributed by atoms with Crippen LogP contribution in [0.15, 0.2) is 47.4 Å². The SMILES string of the molecule is CCS(=O)(=O)Nc1ccc(C(=O)Nc2cc(S(=O)(=O)NC(C)C)ccc2OC)cc1. The predicted octanol–water partition coefficient (Wildman–Crippen LogP) is 2.40. The summed E-state index contributed by atoms with van der Waals surface area (Å²) in [4.78, 5) is 12.6. The minimum Gasteiger partial charge on any atom is -0.495 e. The Morgan fingerprint density at radius 2 is 1.67 bits per heavy atom. The molecule has 0 aliphatic carbocycles. The summed E-state index contributed by atoms with van der Waals surface area (Å²) in [6.07, 6.45) is 0. The van der Waals surface area contributed by atoms with E-state index in [0.29, 0.717) is 11.4 Å². The number of nitrogens with one attached hydrogen (secondary N) is 3. The normalized spacial score (nSPS) is 11.9. The van der Waals surface area contributed by atoms with Crippen molar-refractivity contribution in [1.29, 1.82) is 0 Å². The van der Waals surface area contributed by atoms with Crippen molar-refractivity contribution in [3.05, 3.63) is 48.0 Å². The highest BCUT2D eigenvalue weighted by Gasteiger charge is 2.19. The Balaban J connectivity index is 2.26. The van der Waals surface area contributed by atoms with Crippen molar-refractivity contribution in [3.63, 3.8) is 0 Å². The van der Waals surface area contributed by atoms with Crippen LogP contribution < -0.4 is 19.5 Å². The molecule has 0 aliphatic heterocycles. The Kier molecular flexibility index (Phi) is 7.45. The zero-order chi connectivity index (χ0) is 22.5. The average Bonchev–Trinajstić information content (AvgIpc) is 2.67. The number of hydrogen-bond acceptors (Lipinski definition) is 6. The minimum atomic E-state index is -3.76. The highest BCUT2D eigenvalue weighted by atomic mass is 32.2. The third kappa shape index (κ3) is 6.18. The van der Waals surface area contributed by atoms with Crippen molar-refractivity contribution < 1.29 is 26.4 Å². The molecule has 0 saturated heterocycles.